The zero-order valence-corrected chi connectivity index (χ0v) is 17.2. The van der Waals surface area contributed by atoms with Crippen LogP contribution in [0.25, 0.3) is 16.2 Å². The third kappa shape index (κ3) is 3.17. The molecule has 0 atom stereocenters. The van der Waals surface area contributed by atoms with E-state index in [1.807, 2.05) is 35.9 Å². The maximum atomic E-state index is 11.4. The first-order valence-corrected chi connectivity index (χ1v) is 8.60. The Morgan fingerprint density at radius 2 is 2.07 bits per heavy atom. The van der Waals surface area contributed by atoms with Gasteiger partial charge in [-0.25, -0.2) is 22.6 Å². The number of anilines is 2. The largest absolute Gasteiger partial charge is 0.333 e. The molecule has 9 heteroatoms. The fourth-order valence-corrected chi connectivity index (χ4v) is 3.61. The summed E-state index contributed by atoms with van der Waals surface area (Å²) >= 11 is 1.51. The van der Waals surface area contributed by atoms with E-state index in [1.165, 1.54) is 11.3 Å². The van der Waals surface area contributed by atoms with Crippen LogP contribution in [-0.4, -0.2) is 25.5 Å². The zero-order valence-electron chi connectivity index (χ0n) is 14.0. The van der Waals surface area contributed by atoms with Crippen LogP contribution in [0.3, 0.4) is 0 Å². The number of carbonyl (C=O) groups excluding carboxylic acids is 1. The predicted octanol–water partition coefficient (Wildman–Crippen LogP) is 3.43. The number of thiazole rings is 1. The minimum absolute atomic E-state index is 0. The van der Waals surface area contributed by atoms with E-state index in [-0.39, 0.29) is 0 Å². The Morgan fingerprint density at radius 1 is 1.30 bits per heavy atom. The minimum atomic E-state index is -0.548. The molecule has 27 heavy (non-hydrogen) atoms. The average Bonchev–Trinajstić information content (AvgIpc) is 3.24. The van der Waals surface area contributed by atoms with Crippen LogP contribution >= 0.6 is 11.3 Å². The molecule has 0 aliphatic heterocycles. The van der Waals surface area contributed by atoms with Gasteiger partial charge in [-0.05, 0) is 31.2 Å². The molecule has 0 fully saturated rings. The third-order valence-electron chi connectivity index (χ3n) is 3.87. The van der Waals surface area contributed by atoms with Crippen LogP contribution in [0.15, 0.2) is 48.8 Å². The van der Waals surface area contributed by atoms with Crippen LogP contribution in [0.2, 0.25) is 0 Å². The molecule has 0 aliphatic carbocycles. The second kappa shape index (κ2) is 6.95. The van der Waals surface area contributed by atoms with Gasteiger partial charge in [0.15, 0.2) is 5.13 Å². The molecule has 0 aliphatic rings. The molecule has 1 amide bonds. The molecule has 0 bridgehead atoms. The molecule has 142 valence electrons. The van der Waals surface area contributed by atoms with Crippen LogP contribution in [-0.2, 0) is 0 Å². The average molecular weight is 621 g/mol. The van der Waals surface area contributed by atoms with E-state index in [4.69, 9.17) is 5.21 Å². The molecule has 0 unspecified atom stereocenters. The molecule has 0 saturated carbocycles. The molecule has 7 nitrogen and oxygen atoms in total. The number of hydroxylamine groups is 1. The molecule has 3 N–H and O–H groups in total. The summed E-state index contributed by atoms with van der Waals surface area (Å²) in [6.07, 6.45) is 3.77. The second-order valence-corrected chi connectivity index (χ2v) is 6.60. The quantitative estimate of drug-likeness (QED) is 0.185. The predicted molar refractivity (Wildman–Crippen MR) is 98.9 cm³/mol. The van der Waals surface area contributed by atoms with E-state index in [2.05, 4.69) is 21.4 Å². The molecular formula is C18H14FmN5O2S-. The minimum Gasteiger partial charge on any atom is -0.333 e. The summed E-state index contributed by atoms with van der Waals surface area (Å²) in [4.78, 5) is 21.3. The molecule has 3 heterocycles. The summed E-state index contributed by atoms with van der Waals surface area (Å²) in [5, 5.41) is 12.6. The maximum Gasteiger partial charge on any atom is 0.274 e. The fourth-order valence-electron chi connectivity index (χ4n) is 2.68. The summed E-state index contributed by atoms with van der Waals surface area (Å²) < 4.78 is 1.99. The molecule has 0 saturated heterocycles. The second-order valence-electron chi connectivity index (χ2n) is 5.56. The Labute approximate surface area is 152 Å². The number of hydrogen-bond donors (Lipinski definition) is 3. The van der Waals surface area contributed by atoms with Crippen LogP contribution in [0.4, 0.5) is 10.8 Å². The van der Waals surface area contributed by atoms with Crippen LogP contribution < -0.4 is 10.8 Å². The van der Waals surface area contributed by atoms with E-state index in [0.29, 0.717) is 5.56 Å². The summed E-state index contributed by atoms with van der Waals surface area (Å²) in [7, 11) is 0. The number of amides is 1. The number of pyridine rings is 1. The Kier molecular flexibility index (Phi) is 4.52. The standard InChI is InChI=1S/C18H14N5O2S.Fm/c1-11-16(23-9-3-2-4-15(23)20-11)14-10-19-18(26-14)21-13-7-5-12(6-8-13)17(24)22-25;/h2-3,5-10,25H,1H3,(H,19,21)(H,22,24);/q-1;. The number of hydrogen-bond acceptors (Lipinski definition) is 6. The van der Waals surface area contributed by atoms with Crippen molar-refractivity contribution < 1.29 is 10.0 Å². The van der Waals surface area contributed by atoms with Gasteiger partial charge in [-0.3, -0.25) is 15.0 Å². The number of nitrogens with one attached hydrogen (secondary N) is 2. The number of carbonyl (C=O) groups is 1. The first-order valence-electron chi connectivity index (χ1n) is 7.79. The number of rotatable bonds is 4. The van der Waals surface area contributed by atoms with Crippen molar-refractivity contribution >= 4 is 33.7 Å². The van der Waals surface area contributed by atoms with Gasteiger partial charge < -0.3 is 9.72 Å². The van der Waals surface area contributed by atoms with Crippen molar-refractivity contribution in [3.63, 3.8) is 0 Å². The Balaban J connectivity index is 0.00000210. The first-order chi connectivity index (χ1) is 12.7. The normalized spacial score (nSPS) is 10.4. The molecule has 4 rings (SSSR count). The fraction of sp³-hybridized carbons (Fsp3) is 0.0556. The van der Waals surface area contributed by atoms with Crippen LogP contribution in [0, 0.1) is 13.0 Å². The van der Waals surface area contributed by atoms with E-state index >= 15 is 0 Å². The van der Waals surface area contributed by atoms with Crippen molar-refractivity contribution in [2.24, 2.45) is 0 Å². The number of nitrogens with zero attached hydrogens (tertiary/aromatic N) is 3. The Morgan fingerprint density at radius 3 is 2.81 bits per heavy atom. The summed E-state index contributed by atoms with van der Waals surface area (Å²) in [5.74, 6) is -0.548. The summed E-state index contributed by atoms with van der Waals surface area (Å²) in [5.41, 5.74) is 5.47. The van der Waals surface area contributed by atoms with Gasteiger partial charge in [-0.15, -0.1) is 0 Å². The smallest absolute Gasteiger partial charge is 0.274 e. The first kappa shape index (κ1) is 17.6. The molecule has 4 aromatic rings. The SMILES string of the molecule is Cc1nc2[c-]cccn2c1-c1cnc(Nc2ccc(C(=O)NO)cc2)s1.[Fm]. The summed E-state index contributed by atoms with van der Waals surface area (Å²) in [6, 6.07) is 13.6. The summed E-state index contributed by atoms with van der Waals surface area (Å²) in [6.45, 7) is 1.97. The van der Waals surface area contributed by atoms with Gasteiger partial charge in [-0.1, -0.05) is 17.5 Å². The van der Waals surface area contributed by atoms with Gasteiger partial charge >= 0.3 is 0 Å². The topological polar surface area (TPSA) is 91.5 Å². The van der Waals surface area contributed by atoms with Crippen molar-refractivity contribution in [1.82, 2.24) is 19.8 Å². The van der Waals surface area contributed by atoms with E-state index in [0.717, 1.165) is 32.7 Å². The van der Waals surface area contributed by atoms with Crippen molar-refractivity contribution in [2.45, 2.75) is 6.92 Å². The zero-order chi connectivity index (χ0) is 18.1. The van der Waals surface area contributed by atoms with E-state index in [1.54, 1.807) is 29.7 Å². The third-order valence-corrected chi connectivity index (χ3v) is 4.79. The maximum absolute atomic E-state index is 11.4. The number of benzene rings is 1. The number of aromatic nitrogens is 3. The Hall–Kier alpha value is -4.23. The number of aryl methyl sites for hydroxylation is 1. The molecule has 1 aromatic carbocycles. The molecule has 0 radical (unpaired) electrons. The monoisotopic (exact) mass is 621 g/mol. The molecular weight excluding hydrogens is 607 g/mol. The molecule has 3 aromatic heterocycles. The van der Waals surface area contributed by atoms with E-state index in [9.17, 15) is 4.79 Å². The van der Waals surface area contributed by atoms with Gasteiger partial charge in [0.1, 0.15) is 0 Å². The van der Waals surface area contributed by atoms with Crippen molar-refractivity contribution in [2.75, 3.05) is 5.32 Å². The van der Waals surface area contributed by atoms with Gasteiger partial charge in [-0.2, -0.15) is 6.07 Å². The number of imidazole rings is 1. The van der Waals surface area contributed by atoms with Crippen LogP contribution in [0.5, 0.6) is 0 Å². The van der Waals surface area contributed by atoms with Gasteiger partial charge in [0.25, 0.3) is 5.91 Å². The van der Waals surface area contributed by atoms with Crippen molar-refractivity contribution in [3.05, 3.63) is 66.1 Å². The van der Waals surface area contributed by atoms with E-state index < -0.39 is 5.91 Å². The van der Waals surface area contributed by atoms with Crippen molar-refractivity contribution in [3.8, 4) is 10.6 Å². The van der Waals surface area contributed by atoms with Gasteiger partial charge in [0.2, 0.25) is 0 Å². The Bertz CT molecular complexity index is 1090. The van der Waals surface area contributed by atoms with Gasteiger partial charge in [0, 0.05) is 23.1 Å². The number of fused-ring (bicyclic) bond motifs is 1. The van der Waals surface area contributed by atoms with Crippen molar-refractivity contribution in [1.29, 1.82) is 0 Å². The van der Waals surface area contributed by atoms with Crippen LogP contribution in [0.1, 0.15) is 16.1 Å². The molecule has 0 spiro atoms. The van der Waals surface area contributed by atoms with Gasteiger partial charge in [0.05, 0.1) is 16.3 Å².